The van der Waals surface area contributed by atoms with E-state index in [0.29, 0.717) is 0 Å². The lowest BCUT2D eigenvalue weighted by atomic mass is 9.60. The Morgan fingerprint density at radius 3 is 1.68 bits per heavy atom. The molecule has 1 N–H and O–H groups in total. The van der Waals surface area contributed by atoms with Crippen LogP contribution in [0.25, 0.3) is 0 Å². The van der Waals surface area contributed by atoms with E-state index in [2.05, 4.69) is 0 Å². The Morgan fingerprint density at radius 1 is 1.00 bits per heavy atom. The molecule has 1 aliphatic rings. The molecule has 0 saturated carbocycles. The van der Waals surface area contributed by atoms with Crippen LogP contribution >= 0.6 is 0 Å². The second-order valence-corrected chi connectivity index (χ2v) is 4.78. The van der Waals surface area contributed by atoms with Crippen LogP contribution in [0.5, 0.6) is 0 Å². The van der Waals surface area contributed by atoms with Crippen molar-refractivity contribution in [1.29, 1.82) is 0 Å². The highest BCUT2D eigenvalue weighted by Gasteiger charge is 2.79. The van der Waals surface area contributed by atoms with Crippen molar-refractivity contribution in [3.05, 3.63) is 24.1 Å². The predicted molar refractivity (Wildman–Crippen MR) is 53.1 cm³/mol. The fourth-order valence-corrected chi connectivity index (χ4v) is 2.21. The van der Waals surface area contributed by atoms with Crippen LogP contribution in [0.1, 0.15) is 12.8 Å². The molecule has 0 fully saturated rings. The molecular weight excluding hydrogens is 338 g/mol. The van der Waals surface area contributed by atoms with Gasteiger partial charge in [-0.1, -0.05) is 6.08 Å². The first-order valence-corrected chi connectivity index (χ1v) is 5.53. The van der Waals surface area contributed by atoms with Crippen LogP contribution in [0.15, 0.2) is 24.1 Å². The van der Waals surface area contributed by atoms with Crippen molar-refractivity contribution in [1.82, 2.24) is 0 Å². The van der Waals surface area contributed by atoms with Crippen LogP contribution in [0.2, 0.25) is 0 Å². The smallest absolute Gasteiger partial charge is 0.373 e. The molecule has 1 rings (SSSR count). The third kappa shape index (κ3) is 3.08. The molecule has 0 bridgehead atoms. The monoisotopic (exact) mass is 346 g/mol. The van der Waals surface area contributed by atoms with Gasteiger partial charge in [0.25, 0.3) is 5.60 Å². The summed E-state index contributed by atoms with van der Waals surface area (Å²) in [4.78, 5) is 0. The zero-order valence-corrected chi connectivity index (χ0v) is 10.4. The fraction of sp³-hybridized carbons (Fsp3) is 0.636. The summed E-state index contributed by atoms with van der Waals surface area (Å²) < 4.78 is 125. The lowest BCUT2D eigenvalue weighted by Gasteiger charge is -2.49. The minimum atomic E-state index is -6.26. The summed E-state index contributed by atoms with van der Waals surface area (Å²) in [7, 11) is 0. The van der Waals surface area contributed by atoms with E-state index in [-0.39, 0.29) is 12.2 Å². The standard InChI is InChI=1S/C11H8F10O/c12-6-4-7(5-6,2-1-3-8(13,14)15)9(22,10(16,17)18)11(19,20)21/h1,3-4,22H,2,5H2/b3-1+. The van der Waals surface area contributed by atoms with Gasteiger partial charge >= 0.3 is 18.5 Å². The van der Waals surface area contributed by atoms with Gasteiger partial charge in [0.15, 0.2) is 0 Å². The number of hydrogen-bond donors (Lipinski definition) is 1. The number of allylic oxidation sites excluding steroid dienone is 3. The summed E-state index contributed by atoms with van der Waals surface area (Å²) in [6.45, 7) is 0. The van der Waals surface area contributed by atoms with E-state index in [9.17, 15) is 49.0 Å². The first kappa shape index (κ1) is 18.8. The second-order valence-electron chi connectivity index (χ2n) is 4.78. The molecule has 1 atom stereocenters. The Balaban J connectivity index is 3.31. The van der Waals surface area contributed by atoms with Gasteiger partial charge in [-0.3, -0.25) is 0 Å². The minimum Gasteiger partial charge on any atom is -0.373 e. The Kier molecular flexibility index (Phi) is 4.39. The van der Waals surface area contributed by atoms with Crippen LogP contribution in [-0.2, 0) is 0 Å². The molecule has 1 aliphatic carbocycles. The molecule has 11 heteroatoms. The molecule has 22 heavy (non-hydrogen) atoms. The largest absolute Gasteiger partial charge is 0.427 e. The normalized spacial score (nSPS) is 24.4. The van der Waals surface area contributed by atoms with E-state index >= 15 is 0 Å². The highest BCUT2D eigenvalue weighted by molar-refractivity contribution is 5.30. The molecule has 0 radical (unpaired) electrons. The van der Waals surface area contributed by atoms with Gasteiger partial charge in [0.1, 0.15) is 0 Å². The summed E-state index contributed by atoms with van der Waals surface area (Å²) in [5, 5.41) is 9.23. The number of halogens is 10. The van der Waals surface area contributed by atoms with Gasteiger partial charge in [0.2, 0.25) is 0 Å². The van der Waals surface area contributed by atoms with Crippen molar-refractivity contribution in [2.45, 2.75) is 37.0 Å². The molecule has 0 aromatic heterocycles. The van der Waals surface area contributed by atoms with Crippen LogP contribution in [-0.4, -0.2) is 29.2 Å². The van der Waals surface area contributed by atoms with Gasteiger partial charge < -0.3 is 5.11 Å². The molecule has 0 aliphatic heterocycles. The second kappa shape index (κ2) is 5.14. The van der Waals surface area contributed by atoms with Gasteiger partial charge in [-0.05, 0) is 12.5 Å². The molecule has 128 valence electrons. The van der Waals surface area contributed by atoms with Gasteiger partial charge in [-0.2, -0.15) is 39.5 Å². The molecule has 0 amide bonds. The Hall–Kier alpha value is -1.26. The predicted octanol–water partition coefficient (Wildman–Crippen LogP) is 4.59. The molecule has 0 heterocycles. The number of rotatable bonds is 3. The summed E-state index contributed by atoms with van der Waals surface area (Å²) in [5.41, 5.74) is -8.64. The quantitative estimate of drug-likeness (QED) is 0.585. The zero-order valence-electron chi connectivity index (χ0n) is 10.4. The zero-order chi connectivity index (χ0) is 17.6. The van der Waals surface area contributed by atoms with Crippen LogP contribution in [0.3, 0.4) is 0 Å². The van der Waals surface area contributed by atoms with Crippen molar-refractivity contribution >= 4 is 0 Å². The Labute approximate surface area is 116 Å². The van der Waals surface area contributed by atoms with Crippen molar-refractivity contribution in [2.24, 2.45) is 5.41 Å². The lowest BCUT2D eigenvalue weighted by molar-refractivity contribution is -0.399. The van der Waals surface area contributed by atoms with E-state index < -0.39 is 54.3 Å². The van der Waals surface area contributed by atoms with E-state index in [4.69, 9.17) is 0 Å². The first-order chi connectivity index (χ1) is 9.56. The average Bonchev–Trinajstić information content (AvgIpc) is 2.19. The number of alkyl halides is 9. The van der Waals surface area contributed by atoms with Crippen LogP contribution in [0, 0.1) is 5.41 Å². The maximum Gasteiger partial charge on any atom is 0.427 e. The van der Waals surface area contributed by atoms with Crippen molar-refractivity contribution < 1.29 is 49.0 Å². The van der Waals surface area contributed by atoms with Crippen LogP contribution in [0.4, 0.5) is 43.9 Å². The molecule has 0 spiro atoms. The summed E-state index contributed by atoms with van der Waals surface area (Å²) >= 11 is 0. The van der Waals surface area contributed by atoms with Gasteiger partial charge in [0.05, 0.1) is 5.83 Å². The van der Waals surface area contributed by atoms with E-state index in [0.717, 1.165) is 0 Å². The topological polar surface area (TPSA) is 20.2 Å². The maximum atomic E-state index is 12.7. The van der Waals surface area contributed by atoms with Crippen molar-refractivity contribution in [3.8, 4) is 0 Å². The van der Waals surface area contributed by atoms with E-state index in [1.807, 2.05) is 0 Å². The summed E-state index contributed by atoms with van der Waals surface area (Å²) in [5.74, 6) is -1.38. The minimum absolute atomic E-state index is 0.00854. The van der Waals surface area contributed by atoms with Gasteiger partial charge in [-0.25, -0.2) is 4.39 Å². The molecular formula is C11H8F10O. The van der Waals surface area contributed by atoms with Crippen molar-refractivity contribution in [3.63, 3.8) is 0 Å². The SMILES string of the molecule is OC(C(F)(F)F)(C(F)(F)F)C1(C/C=C/C(F)(F)F)C=C(F)C1. The van der Waals surface area contributed by atoms with Gasteiger partial charge in [-0.15, -0.1) is 0 Å². The molecule has 1 unspecified atom stereocenters. The van der Waals surface area contributed by atoms with Gasteiger partial charge in [0, 0.05) is 17.9 Å². The Morgan fingerprint density at radius 2 is 1.41 bits per heavy atom. The van der Waals surface area contributed by atoms with Crippen LogP contribution < -0.4 is 0 Å². The fourth-order valence-electron chi connectivity index (χ4n) is 2.21. The van der Waals surface area contributed by atoms with E-state index in [1.54, 1.807) is 0 Å². The lowest BCUT2D eigenvalue weighted by Crippen LogP contribution is -2.68. The summed E-state index contributed by atoms with van der Waals surface area (Å²) in [6.07, 6.45) is -21.2. The van der Waals surface area contributed by atoms with Crippen molar-refractivity contribution in [2.75, 3.05) is 0 Å². The molecule has 0 aromatic carbocycles. The number of aliphatic hydroxyl groups is 1. The highest BCUT2D eigenvalue weighted by Crippen LogP contribution is 2.61. The van der Waals surface area contributed by atoms with E-state index in [1.165, 1.54) is 0 Å². The third-order valence-electron chi connectivity index (χ3n) is 3.25. The number of hydrogen-bond acceptors (Lipinski definition) is 1. The summed E-state index contributed by atoms with van der Waals surface area (Å²) in [6, 6.07) is 0. The molecule has 1 nitrogen and oxygen atoms in total. The highest BCUT2D eigenvalue weighted by atomic mass is 19.4. The first-order valence-electron chi connectivity index (χ1n) is 5.53. The Bertz CT molecular complexity index is 467. The maximum absolute atomic E-state index is 12.7. The molecule has 0 saturated heterocycles. The molecule has 0 aromatic rings. The third-order valence-corrected chi connectivity index (χ3v) is 3.25. The average molecular weight is 346 g/mol.